The molecular weight excluding hydrogens is 152 g/mol. The van der Waals surface area contributed by atoms with E-state index in [4.69, 9.17) is 4.74 Å². The number of hydrogen-bond acceptors (Lipinski definition) is 2. The summed E-state index contributed by atoms with van der Waals surface area (Å²) in [6, 6.07) is 0. The van der Waals surface area contributed by atoms with Gasteiger partial charge in [-0.3, -0.25) is 4.90 Å². The van der Waals surface area contributed by atoms with Gasteiger partial charge in [0.25, 0.3) is 6.43 Å². The third-order valence-electron chi connectivity index (χ3n) is 1.96. The highest BCUT2D eigenvalue weighted by Gasteiger charge is 2.23. The molecule has 0 aromatic heterocycles. The zero-order chi connectivity index (χ0) is 8.27. The average Bonchev–Trinajstić information content (AvgIpc) is 2.34. The van der Waals surface area contributed by atoms with E-state index in [0.717, 1.165) is 13.0 Å². The Morgan fingerprint density at radius 2 is 2.36 bits per heavy atom. The first-order valence-corrected chi connectivity index (χ1v) is 3.75. The van der Waals surface area contributed by atoms with Crippen LogP contribution in [0, 0.1) is 0 Å². The van der Waals surface area contributed by atoms with E-state index in [1.165, 1.54) is 0 Å². The molecule has 0 aromatic rings. The highest BCUT2D eigenvalue weighted by molar-refractivity contribution is 4.75. The number of alkyl halides is 2. The minimum Gasteiger partial charge on any atom is -0.380 e. The van der Waals surface area contributed by atoms with Crippen molar-refractivity contribution < 1.29 is 13.5 Å². The summed E-state index contributed by atoms with van der Waals surface area (Å²) in [5, 5.41) is 0. The normalized spacial score (nSPS) is 26.7. The van der Waals surface area contributed by atoms with E-state index in [2.05, 4.69) is 0 Å². The SMILES string of the molecule is COC1CCN(CC(F)F)C1. The van der Waals surface area contributed by atoms with E-state index in [9.17, 15) is 8.78 Å². The Balaban J connectivity index is 2.19. The van der Waals surface area contributed by atoms with Crippen LogP contribution in [-0.2, 0) is 4.74 Å². The fraction of sp³-hybridized carbons (Fsp3) is 1.00. The number of methoxy groups -OCH3 is 1. The molecule has 0 radical (unpaired) electrons. The Morgan fingerprint density at radius 3 is 2.82 bits per heavy atom. The van der Waals surface area contributed by atoms with Crippen molar-refractivity contribution in [3.63, 3.8) is 0 Å². The molecule has 1 rings (SSSR count). The monoisotopic (exact) mass is 165 g/mol. The number of likely N-dealkylation sites (tertiary alicyclic amines) is 1. The van der Waals surface area contributed by atoms with Crippen LogP contribution >= 0.6 is 0 Å². The first-order chi connectivity index (χ1) is 5.22. The number of rotatable bonds is 3. The Labute approximate surface area is 65.1 Å². The second-order valence-corrected chi connectivity index (χ2v) is 2.80. The Morgan fingerprint density at radius 1 is 1.64 bits per heavy atom. The quantitative estimate of drug-likeness (QED) is 0.618. The van der Waals surface area contributed by atoms with E-state index in [1.54, 1.807) is 12.0 Å². The van der Waals surface area contributed by atoms with Gasteiger partial charge in [-0.2, -0.15) is 0 Å². The van der Waals surface area contributed by atoms with Gasteiger partial charge >= 0.3 is 0 Å². The lowest BCUT2D eigenvalue weighted by atomic mass is 10.3. The Kier molecular flexibility index (Phi) is 3.20. The molecule has 11 heavy (non-hydrogen) atoms. The van der Waals surface area contributed by atoms with E-state index in [1.807, 2.05) is 0 Å². The van der Waals surface area contributed by atoms with Crippen molar-refractivity contribution in [3.8, 4) is 0 Å². The van der Waals surface area contributed by atoms with Crippen molar-refractivity contribution in [1.82, 2.24) is 4.90 Å². The zero-order valence-electron chi connectivity index (χ0n) is 6.59. The first kappa shape index (κ1) is 8.87. The van der Waals surface area contributed by atoms with Crippen LogP contribution in [0.4, 0.5) is 8.78 Å². The zero-order valence-corrected chi connectivity index (χ0v) is 6.59. The molecule has 1 aliphatic rings. The maximum atomic E-state index is 11.8. The summed E-state index contributed by atoms with van der Waals surface area (Å²) in [5.74, 6) is 0. The second kappa shape index (κ2) is 3.97. The van der Waals surface area contributed by atoms with Gasteiger partial charge in [0, 0.05) is 20.2 Å². The molecule has 0 N–H and O–H groups in total. The maximum absolute atomic E-state index is 11.8. The van der Waals surface area contributed by atoms with Crippen molar-refractivity contribution >= 4 is 0 Å². The van der Waals surface area contributed by atoms with Gasteiger partial charge < -0.3 is 4.74 Å². The van der Waals surface area contributed by atoms with E-state index >= 15 is 0 Å². The highest BCUT2D eigenvalue weighted by Crippen LogP contribution is 2.12. The number of halogens is 2. The largest absolute Gasteiger partial charge is 0.380 e. The summed E-state index contributed by atoms with van der Waals surface area (Å²) in [6.07, 6.45) is -1.18. The van der Waals surface area contributed by atoms with Crippen molar-refractivity contribution in [1.29, 1.82) is 0 Å². The third-order valence-corrected chi connectivity index (χ3v) is 1.96. The summed E-state index contributed by atoms with van der Waals surface area (Å²) in [6.45, 7) is 1.28. The molecular formula is C7H13F2NO. The molecule has 4 heteroatoms. The van der Waals surface area contributed by atoms with Gasteiger partial charge in [-0.05, 0) is 6.42 Å². The fourth-order valence-electron chi connectivity index (χ4n) is 1.35. The van der Waals surface area contributed by atoms with E-state index in [0.29, 0.717) is 6.54 Å². The Hall–Kier alpha value is -0.220. The number of ether oxygens (including phenoxy) is 1. The number of hydrogen-bond donors (Lipinski definition) is 0. The molecule has 0 saturated carbocycles. The standard InChI is InChI=1S/C7H13F2NO/c1-11-6-2-3-10(4-6)5-7(8)9/h6-7H,2-5H2,1H3. The molecule has 1 fully saturated rings. The van der Waals surface area contributed by atoms with Crippen LogP contribution < -0.4 is 0 Å². The summed E-state index contributed by atoms with van der Waals surface area (Å²) < 4.78 is 28.7. The van der Waals surface area contributed by atoms with Gasteiger partial charge in [0.05, 0.1) is 12.6 Å². The second-order valence-electron chi connectivity index (χ2n) is 2.80. The van der Waals surface area contributed by atoms with Crippen LogP contribution in [0.2, 0.25) is 0 Å². The summed E-state index contributed by atoms with van der Waals surface area (Å²) >= 11 is 0. The molecule has 66 valence electrons. The topological polar surface area (TPSA) is 12.5 Å². The molecule has 0 bridgehead atoms. The molecule has 1 heterocycles. The molecule has 2 nitrogen and oxygen atoms in total. The van der Waals surface area contributed by atoms with Crippen LogP contribution in [0.5, 0.6) is 0 Å². The maximum Gasteiger partial charge on any atom is 0.251 e. The highest BCUT2D eigenvalue weighted by atomic mass is 19.3. The minimum absolute atomic E-state index is 0.111. The molecule has 1 saturated heterocycles. The average molecular weight is 165 g/mol. The third kappa shape index (κ3) is 2.71. The fourth-order valence-corrected chi connectivity index (χ4v) is 1.35. The van der Waals surface area contributed by atoms with Gasteiger partial charge in [-0.15, -0.1) is 0 Å². The molecule has 1 unspecified atom stereocenters. The molecule has 1 aliphatic heterocycles. The predicted octanol–water partition coefficient (Wildman–Crippen LogP) is 0.972. The van der Waals surface area contributed by atoms with Crippen LogP contribution in [0.25, 0.3) is 0 Å². The molecule has 0 amide bonds. The van der Waals surface area contributed by atoms with Gasteiger partial charge in [0.2, 0.25) is 0 Å². The van der Waals surface area contributed by atoms with Gasteiger partial charge in [-0.1, -0.05) is 0 Å². The summed E-state index contributed by atoms with van der Waals surface area (Å²) in [7, 11) is 1.62. The first-order valence-electron chi connectivity index (χ1n) is 3.75. The van der Waals surface area contributed by atoms with Crippen molar-refractivity contribution in [2.24, 2.45) is 0 Å². The van der Waals surface area contributed by atoms with Crippen LogP contribution in [0.1, 0.15) is 6.42 Å². The minimum atomic E-state index is -2.22. The lowest BCUT2D eigenvalue weighted by molar-refractivity contribution is 0.0774. The molecule has 0 aromatic carbocycles. The van der Waals surface area contributed by atoms with Gasteiger partial charge in [0.1, 0.15) is 0 Å². The Bertz CT molecular complexity index is 121. The van der Waals surface area contributed by atoms with Crippen LogP contribution in [0.15, 0.2) is 0 Å². The van der Waals surface area contributed by atoms with Gasteiger partial charge in [-0.25, -0.2) is 8.78 Å². The van der Waals surface area contributed by atoms with Crippen LogP contribution in [0.3, 0.4) is 0 Å². The summed E-state index contributed by atoms with van der Waals surface area (Å²) in [5.41, 5.74) is 0. The lowest BCUT2D eigenvalue weighted by Gasteiger charge is -2.13. The lowest BCUT2D eigenvalue weighted by Crippen LogP contribution is -2.27. The van der Waals surface area contributed by atoms with Crippen molar-refractivity contribution in [3.05, 3.63) is 0 Å². The van der Waals surface area contributed by atoms with E-state index < -0.39 is 6.43 Å². The van der Waals surface area contributed by atoms with Crippen molar-refractivity contribution in [2.45, 2.75) is 19.0 Å². The predicted molar refractivity (Wildman–Crippen MR) is 37.9 cm³/mol. The smallest absolute Gasteiger partial charge is 0.251 e. The van der Waals surface area contributed by atoms with Crippen molar-refractivity contribution in [2.75, 3.05) is 26.7 Å². The van der Waals surface area contributed by atoms with Gasteiger partial charge in [0.15, 0.2) is 0 Å². The molecule has 0 aliphatic carbocycles. The summed E-state index contributed by atoms with van der Waals surface area (Å²) in [4.78, 5) is 1.73. The number of nitrogens with zero attached hydrogens (tertiary/aromatic N) is 1. The molecule has 0 spiro atoms. The molecule has 1 atom stereocenters. The van der Waals surface area contributed by atoms with Crippen LogP contribution in [-0.4, -0.2) is 44.2 Å². The van der Waals surface area contributed by atoms with E-state index in [-0.39, 0.29) is 12.6 Å².